The average molecular weight is 750 g/mol. The van der Waals surface area contributed by atoms with Crippen molar-refractivity contribution < 1.29 is 0 Å². The molecular formula is C51H39N7. The minimum atomic E-state index is 0.0960. The Morgan fingerprint density at radius 2 is 0.603 bits per heavy atom. The molecule has 0 amide bonds. The van der Waals surface area contributed by atoms with Crippen molar-refractivity contribution in [1.29, 1.82) is 0 Å². The molecule has 278 valence electrons. The number of pyridine rings is 3. The third kappa shape index (κ3) is 6.42. The van der Waals surface area contributed by atoms with E-state index in [-0.39, 0.29) is 5.41 Å². The van der Waals surface area contributed by atoms with Gasteiger partial charge < -0.3 is 9.97 Å². The summed E-state index contributed by atoms with van der Waals surface area (Å²) in [4.78, 5) is 31.4. The fourth-order valence-electron chi connectivity index (χ4n) is 7.97. The molecule has 0 spiro atoms. The van der Waals surface area contributed by atoms with E-state index in [0.29, 0.717) is 0 Å². The first-order valence-electron chi connectivity index (χ1n) is 19.5. The molecule has 0 fully saturated rings. The molecule has 7 heteroatoms. The van der Waals surface area contributed by atoms with Crippen LogP contribution >= 0.6 is 0 Å². The molecule has 2 aliphatic heterocycles. The van der Waals surface area contributed by atoms with Crippen LogP contribution < -0.4 is 0 Å². The highest BCUT2D eigenvalue weighted by Gasteiger charge is 2.19. The Morgan fingerprint density at radius 1 is 0.328 bits per heavy atom. The Balaban J connectivity index is 1.28. The smallest absolute Gasteiger partial charge is 0.0737 e. The summed E-state index contributed by atoms with van der Waals surface area (Å²) in [5.41, 5.74) is 18.9. The topological polar surface area (TPSA) is 96.0 Å². The summed E-state index contributed by atoms with van der Waals surface area (Å²) in [7, 11) is 0. The van der Waals surface area contributed by atoms with E-state index < -0.39 is 0 Å². The molecule has 8 aromatic rings. The van der Waals surface area contributed by atoms with Crippen LogP contribution in [0.3, 0.4) is 0 Å². The first-order valence-corrected chi connectivity index (χ1v) is 19.5. The van der Waals surface area contributed by atoms with Gasteiger partial charge >= 0.3 is 0 Å². The van der Waals surface area contributed by atoms with Crippen LogP contribution in [-0.2, 0) is 5.41 Å². The van der Waals surface area contributed by atoms with Gasteiger partial charge in [0.2, 0.25) is 0 Å². The van der Waals surface area contributed by atoms with E-state index in [0.717, 1.165) is 94.9 Å². The van der Waals surface area contributed by atoms with Gasteiger partial charge in [-0.15, -0.1) is 0 Å². The predicted octanol–water partition coefficient (Wildman–Crippen LogP) is 12.5. The van der Waals surface area contributed by atoms with Crippen LogP contribution in [0.25, 0.3) is 102 Å². The average Bonchev–Trinajstić information content (AvgIpc) is 4.10. The molecule has 2 aromatic carbocycles. The monoisotopic (exact) mass is 749 g/mol. The Kier molecular flexibility index (Phi) is 8.56. The number of aromatic nitrogens is 7. The van der Waals surface area contributed by atoms with Crippen molar-refractivity contribution in [2.75, 3.05) is 0 Å². The molecule has 0 saturated carbocycles. The lowest BCUT2D eigenvalue weighted by atomic mass is 9.86. The van der Waals surface area contributed by atoms with Crippen molar-refractivity contribution in [1.82, 2.24) is 34.9 Å². The van der Waals surface area contributed by atoms with Crippen LogP contribution in [0.1, 0.15) is 49.1 Å². The highest BCUT2D eigenvalue weighted by atomic mass is 14.8. The third-order valence-corrected chi connectivity index (χ3v) is 10.9. The minimum Gasteiger partial charge on any atom is -0.354 e. The molecule has 0 radical (unpaired) electrons. The zero-order valence-electron chi connectivity index (χ0n) is 32.4. The molecule has 2 N–H and O–H groups in total. The van der Waals surface area contributed by atoms with Crippen molar-refractivity contribution in [3.8, 4) is 55.6 Å². The molecule has 8 bridgehead atoms. The Labute approximate surface area is 336 Å². The third-order valence-electron chi connectivity index (χ3n) is 10.9. The van der Waals surface area contributed by atoms with E-state index in [4.69, 9.17) is 9.97 Å². The van der Waals surface area contributed by atoms with Gasteiger partial charge in [-0.25, -0.2) is 9.97 Å². The van der Waals surface area contributed by atoms with Crippen LogP contribution in [0.15, 0.2) is 146 Å². The molecule has 7 nitrogen and oxygen atoms in total. The van der Waals surface area contributed by atoms with Crippen molar-refractivity contribution in [3.05, 3.63) is 175 Å². The van der Waals surface area contributed by atoms with Crippen LogP contribution in [0.5, 0.6) is 0 Å². The maximum Gasteiger partial charge on any atom is 0.0737 e. The molecular weight excluding hydrogens is 711 g/mol. The fourth-order valence-corrected chi connectivity index (χ4v) is 7.97. The highest BCUT2D eigenvalue weighted by molar-refractivity contribution is 5.99. The number of H-pyrrole nitrogens is 2. The summed E-state index contributed by atoms with van der Waals surface area (Å²) in [6.07, 6.45) is 19.4. The summed E-state index contributed by atoms with van der Waals surface area (Å²) >= 11 is 0. The zero-order valence-corrected chi connectivity index (χ0v) is 32.4. The number of nitrogens with zero attached hydrogens (tertiary/aromatic N) is 5. The van der Waals surface area contributed by atoms with E-state index in [9.17, 15) is 0 Å². The van der Waals surface area contributed by atoms with E-state index >= 15 is 0 Å². The van der Waals surface area contributed by atoms with E-state index in [2.05, 4.69) is 143 Å². The first kappa shape index (κ1) is 34.9. The molecule has 58 heavy (non-hydrogen) atoms. The molecule has 0 unspecified atom stereocenters. The van der Waals surface area contributed by atoms with Gasteiger partial charge in [0, 0.05) is 81.5 Å². The predicted molar refractivity (Wildman–Crippen MR) is 238 cm³/mol. The maximum absolute atomic E-state index is 5.42. The lowest BCUT2D eigenvalue weighted by Gasteiger charge is -2.19. The number of nitrogens with one attached hydrogen (secondary N) is 2. The largest absolute Gasteiger partial charge is 0.354 e. The van der Waals surface area contributed by atoms with Crippen LogP contribution in [-0.4, -0.2) is 34.9 Å². The van der Waals surface area contributed by atoms with Crippen molar-refractivity contribution in [3.63, 3.8) is 0 Å². The summed E-state index contributed by atoms with van der Waals surface area (Å²) in [5, 5.41) is 0. The van der Waals surface area contributed by atoms with Gasteiger partial charge in [0.1, 0.15) is 0 Å². The first-order chi connectivity index (χ1) is 28.4. The Hall–Kier alpha value is -7.51. The van der Waals surface area contributed by atoms with Gasteiger partial charge in [0.25, 0.3) is 0 Å². The highest BCUT2D eigenvalue weighted by Crippen LogP contribution is 2.39. The standard InChI is InChI=1S/C51H39N7/c1-51(2,3)38-10-8-33(9-11-38)32-4-6-34(7-5-32)47-39-12-14-41(55-39)48(35-20-26-52-27-21-35)43-16-18-45(57-43)50(37-24-30-54-31-25-37)46-19-17-44(58-46)49(36-22-28-53-29-23-36)42-15-13-40(47)56-42/h4-31,55,58H,1-3H3. The number of hydrogen-bond donors (Lipinski definition) is 2. The van der Waals surface area contributed by atoms with Gasteiger partial charge in [-0.05, 0) is 129 Å². The number of hydrogen-bond acceptors (Lipinski definition) is 5. The lowest BCUT2D eigenvalue weighted by molar-refractivity contribution is 0.590. The van der Waals surface area contributed by atoms with Gasteiger partial charge in [0.15, 0.2) is 0 Å². The SMILES string of the molecule is CC(C)(C)c1ccc(-c2ccc(-c3c4nc(c(-c5ccncc5)c5ccc([nH]5)c(-c5ccncc5)c5nc(c(-c6ccncc6)c6ccc3[nH]6)C=C5)C=C4)cc2)cc1. The van der Waals surface area contributed by atoms with E-state index in [1.54, 1.807) is 0 Å². The Morgan fingerprint density at radius 3 is 0.914 bits per heavy atom. The number of fused-ring (bicyclic) bond motifs is 8. The summed E-state index contributed by atoms with van der Waals surface area (Å²) in [5.74, 6) is 0. The maximum atomic E-state index is 5.42. The van der Waals surface area contributed by atoms with Gasteiger partial charge in [-0.1, -0.05) is 69.3 Å². The van der Waals surface area contributed by atoms with Crippen LogP contribution in [0, 0.1) is 0 Å². The van der Waals surface area contributed by atoms with E-state index in [1.165, 1.54) is 11.1 Å². The van der Waals surface area contributed by atoms with Crippen LogP contribution in [0.2, 0.25) is 0 Å². The number of benzene rings is 2. The van der Waals surface area contributed by atoms with E-state index in [1.807, 2.05) is 73.6 Å². The van der Waals surface area contributed by atoms with Crippen molar-refractivity contribution in [2.45, 2.75) is 26.2 Å². The molecule has 0 aliphatic carbocycles. The fraction of sp³-hybridized carbons (Fsp3) is 0.0784. The second-order valence-electron chi connectivity index (χ2n) is 15.6. The van der Waals surface area contributed by atoms with Crippen molar-refractivity contribution in [2.24, 2.45) is 0 Å². The summed E-state index contributed by atoms with van der Waals surface area (Å²) in [6, 6.07) is 38.5. The zero-order chi connectivity index (χ0) is 39.2. The van der Waals surface area contributed by atoms with Gasteiger partial charge in [0.05, 0.1) is 22.8 Å². The Bertz CT molecular complexity index is 3010. The van der Waals surface area contributed by atoms with Crippen molar-refractivity contribution >= 4 is 46.4 Å². The van der Waals surface area contributed by atoms with Gasteiger partial charge in [-0.2, -0.15) is 0 Å². The molecule has 6 aromatic heterocycles. The normalized spacial score (nSPS) is 12.3. The quantitative estimate of drug-likeness (QED) is 0.183. The lowest BCUT2D eigenvalue weighted by Crippen LogP contribution is -2.10. The number of rotatable bonds is 5. The molecule has 10 rings (SSSR count). The second kappa shape index (κ2) is 14.2. The van der Waals surface area contributed by atoms with Crippen LogP contribution in [0.4, 0.5) is 0 Å². The molecule has 0 saturated heterocycles. The van der Waals surface area contributed by atoms with Gasteiger partial charge in [-0.3, -0.25) is 15.0 Å². The molecule has 8 heterocycles. The minimum absolute atomic E-state index is 0.0960. The molecule has 0 atom stereocenters. The summed E-state index contributed by atoms with van der Waals surface area (Å²) < 4.78 is 0. The molecule has 2 aliphatic rings. The number of aromatic amines is 2. The second-order valence-corrected chi connectivity index (χ2v) is 15.6. The summed E-state index contributed by atoms with van der Waals surface area (Å²) in [6.45, 7) is 6.74.